The Morgan fingerprint density at radius 1 is 1.07 bits per heavy atom. The molecule has 6 heteroatoms. The molecule has 0 bridgehead atoms. The van der Waals surface area contributed by atoms with Gasteiger partial charge in [-0.25, -0.2) is 15.0 Å². The van der Waals surface area contributed by atoms with Crippen LogP contribution in [-0.2, 0) is 26.7 Å². The van der Waals surface area contributed by atoms with Crippen LogP contribution >= 0.6 is 0 Å². The number of aryl methyl sites for hydroxylation is 1. The number of fused-ring (bicyclic) bond motifs is 2. The smallest absolute Gasteiger partial charge is 0.160 e. The fourth-order valence-corrected chi connectivity index (χ4v) is 4.38. The summed E-state index contributed by atoms with van der Waals surface area (Å²) in [7, 11) is 1.98. The Hall–Kier alpha value is -3.12. The third-order valence-electron chi connectivity index (χ3n) is 6.05. The van der Waals surface area contributed by atoms with Crippen molar-refractivity contribution in [3.8, 4) is 0 Å². The predicted octanol–water partition coefficient (Wildman–Crippen LogP) is 2.63. The van der Waals surface area contributed by atoms with Gasteiger partial charge in [0.1, 0.15) is 6.33 Å². The second-order valence-electron chi connectivity index (χ2n) is 8.18. The topological polar surface area (TPSA) is 59.2 Å². The van der Waals surface area contributed by atoms with Crippen LogP contribution in [0.5, 0.6) is 0 Å². The average Bonchev–Trinajstić information content (AvgIpc) is 3.33. The fourth-order valence-electron chi connectivity index (χ4n) is 4.38. The van der Waals surface area contributed by atoms with Crippen molar-refractivity contribution in [2.24, 2.45) is 12.0 Å². The van der Waals surface area contributed by atoms with Crippen LogP contribution in [0.2, 0.25) is 0 Å². The minimum absolute atomic E-state index is 0.816. The first-order valence-corrected chi connectivity index (χ1v) is 10.5. The van der Waals surface area contributed by atoms with Gasteiger partial charge in [0, 0.05) is 44.2 Å². The zero-order valence-corrected chi connectivity index (χ0v) is 17.5. The Morgan fingerprint density at radius 3 is 2.83 bits per heavy atom. The van der Waals surface area contributed by atoms with E-state index in [9.17, 15) is 0 Å². The number of nitrogens with zero attached hydrogens (tertiary/aromatic N) is 6. The summed E-state index contributed by atoms with van der Waals surface area (Å²) in [6, 6.07) is 10.7. The van der Waals surface area contributed by atoms with E-state index in [4.69, 9.17) is 4.99 Å². The molecular formula is C24H26N6. The van der Waals surface area contributed by atoms with E-state index in [2.05, 4.69) is 63.3 Å². The van der Waals surface area contributed by atoms with Gasteiger partial charge in [-0.15, -0.1) is 0 Å². The van der Waals surface area contributed by atoms with Gasteiger partial charge in [0.15, 0.2) is 5.82 Å². The number of aliphatic imine (C=N–C) groups is 1. The van der Waals surface area contributed by atoms with Gasteiger partial charge in [-0.1, -0.05) is 29.8 Å². The molecule has 0 spiro atoms. The standard InChI is InChI=1S/C24H26N6/c1-17-6-5-8-19(12-18-7-3-4-9-21(17)18)28-24-22-14-30(15-23(22)25-16-26-24)13-20-10-11-27-29(20)2/h3-4,7,9-12,16H,5-6,8,13-15H2,1-2H3/b18-12-,21-17?,28-19?. The first-order chi connectivity index (χ1) is 14.7. The molecular weight excluding hydrogens is 372 g/mol. The van der Waals surface area contributed by atoms with E-state index in [0.717, 1.165) is 61.7 Å². The molecule has 0 unspecified atom stereocenters. The van der Waals surface area contributed by atoms with Gasteiger partial charge in [0.05, 0.1) is 11.4 Å². The van der Waals surface area contributed by atoms with Crippen molar-refractivity contribution in [2.45, 2.75) is 45.8 Å². The van der Waals surface area contributed by atoms with Crippen molar-refractivity contribution in [2.75, 3.05) is 0 Å². The molecule has 30 heavy (non-hydrogen) atoms. The normalized spacial score (nSPS) is 19.1. The van der Waals surface area contributed by atoms with Crippen LogP contribution in [0.3, 0.4) is 0 Å². The fraction of sp³-hybridized carbons (Fsp3) is 0.333. The molecule has 0 radical (unpaired) electrons. The van der Waals surface area contributed by atoms with Crippen LogP contribution in [0.4, 0.5) is 5.82 Å². The Balaban J connectivity index is 1.48. The highest BCUT2D eigenvalue weighted by Gasteiger charge is 2.24. The average molecular weight is 399 g/mol. The summed E-state index contributed by atoms with van der Waals surface area (Å²) in [6.45, 7) is 4.72. The van der Waals surface area contributed by atoms with Crippen molar-refractivity contribution < 1.29 is 0 Å². The van der Waals surface area contributed by atoms with Gasteiger partial charge < -0.3 is 0 Å². The summed E-state index contributed by atoms with van der Waals surface area (Å²) in [4.78, 5) is 16.5. The molecule has 0 saturated carbocycles. The summed E-state index contributed by atoms with van der Waals surface area (Å²) in [5, 5.41) is 6.86. The molecule has 0 atom stereocenters. The highest BCUT2D eigenvalue weighted by atomic mass is 15.3. The molecule has 6 nitrogen and oxygen atoms in total. The zero-order chi connectivity index (χ0) is 20.5. The highest BCUT2D eigenvalue weighted by Crippen LogP contribution is 2.29. The lowest BCUT2D eigenvalue weighted by Gasteiger charge is -2.14. The molecule has 3 heterocycles. The number of aromatic nitrogens is 4. The second-order valence-corrected chi connectivity index (χ2v) is 8.18. The maximum atomic E-state index is 5.02. The first-order valence-electron chi connectivity index (χ1n) is 10.5. The molecule has 0 saturated heterocycles. The third kappa shape index (κ3) is 3.71. The molecule has 2 aromatic heterocycles. The number of benzene rings is 1. The van der Waals surface area contributed by atoms with E-state index in [1.807, 2.05) is 17.9 Å². The van der Waals surface area contributed by atoms with Gasteiger partial charge in [-0.2, -0.15) is 5.10 Å². The molecule has 2 aliphatic rings. The summed E-state index contributed by atoms with van der Waals surface area (Å²) < 4.78 is 1.93. The quantitative estimate of drug-likeness (QED) is 0.681. The van der Waals surface area contributed by atoms with Crippen molar-refractivity contribution in [3.63, 3.8) is 0 Å². The molecule has 0 fully saturated rings. The van der Waals surface area contributed by atoms with Crippen LogP contribution in [0.1, 0.15) is 43.1 Å². The summed E-state index contributed by atoms with van der Waals surface area (Å²) in [6.07, 6.45) is 8.90. The summed E-state index contributed by atoms with van der Waals surface area (Å²) in [5.41, 5.74) is 5.98. The van der Waals surface area contributed by atoms with E-state index in [0.29, 0.717) is 0 Å². The molecule has 0 N–H and O–H groups in total. The lowest BCUT2D eigenvalue weighted by molar-refractivity contribution is 0.266. The summed E-state index contributed by atoms with van der Waals surface area (Å²) >= 11 is 0. The van der Waals surface area contributed by atoms with Gasteiger partial charge in [-0.3, -0.25) is 9.58 Å². The van der Waals surface area contributed by atoms with Crippen LogP contribution in [0.15, 0.2) is 47.8 Å². The van der Waals surface area contributed by atoms with Gasteiger partial charge >= 0.3 is 0 Å². The molecule has 0 amide bonds. The maximum absolute atomic E-state index is 5.02. The first kappa shape index (κ1) is 18.9. The van der Waals surface area contributed by atoms with Crippen molar-refractivity contribution in [1.82, 2.24) is 24.6 Å². The van der Waals surface area contributed by atoms with Crippen LogP contribution in [0.25, 0.3) is 11.6 Å². The van der Waals surface area contributed by atoms with E-state index in [1.54, 1.807) is 6.33 Å². The molecule has 3 aromatic rings. The largest absolute Gasteiger partial charge is 0.287 e. The van der Waals surface area contributed by atoms with Crippen molar-refractivity contribution in [3.05, 3.63) is 70.2 Å². The van der Waals surface area contributed by atoms with E-state index >= 15 is 0 Å². The van der Waals surface area contributed by atoms with Crippen molar-refractivity contribution in [1.29, 1.82) is 0 Å². The Labute approximate surface area is 176 Å². The molecule has 1 aliphatic heterocycles. The lowest BCUT2D eigenvalue weighted by atomic mass is 10.00. The number of rotatable bonds is 3. The summed E-state index contributed by atoms with van der Waals surface area (Å²) in [5.74, 6) is 0.817. The Kier molecular flexibility index (Phi) is 5.01. The predicted molar refractivity (Wildman–Crippen MR) is 118 cm³/mol. The minimum Gasteiger partial charge on any atom is -0.287 e. The zero-order valence-electron chi connectivity index (χ0n) is 17.5. The van der Waals surface area contributed by atoms with Gasteiger partial charge in [0.25, 0.3) is 0 Å². The molecule has 1 aliphatic carbocycles. The lowest BCUT2D eigenvalue weighted by Crippen LogP contribution is -2.28. The van der Waals surface area contributed by atoms with E-state index in [-0.39, 0.29) is 0 Å². The van der Waals surface area contributed by atoms with Gasteiger partial charge in [0.2, 0.25) is 0 Å². The molecule has 152 valence electrons. The van der Waals surface area contributed by atoms with Crippen molar-refractivity contribution >= 4 is 23.2 Å². The van der Waals surface area contributed by atoms with E-state index < -0.39 is 0 Å². The number of hydrogen-bond donors (Lipinski definition) is 0. The molecule has 5 rings (SSSR count). The van der Waals surface area contributed by atoms with Crippen LogP contribution in [-0.4, -0.2) is 30.4 Å². The molecule has 1 aromatic carbocycles. The van der Waals surface area contributed by atoms with Gasteiger partial charge in [-0.05, 0) is 48.8 Å². The maximum Gasteiger partial charge on any atom is 0.160 e. The SMILES string of the molecule is CC1=c2cccc/c2=C/C(=Nc2ncnc3c2CN(Cc2ccnn2C)C3)CCC1. The highest BCUT2D eigenvalue weighted by molar-refractivity contribution is 6.11. The Bertz CT molecular complexity index is 1240. The van der Waals surface area contributed by atoms with Crippen LogP contribution in [0, 0.1) is 0 Å². The van der Waals surface area contributed by atoms with Crippen LogP contribution < -0.4 is 10.4 Å². The third-order valence-corrected chi connectivity index (χ3v) is 6.05. The van der Waals surface area contributed by atoms with E-state index in [1.165, 1.54) is 21.7 Å². The minimum atomic E-state index is 0.816. The Morgan fingerprint density at radius 2 is 1.97 bits per heavy atom. The monoisotopic (exact) mass is 398 g/mol. The number of hydrogen-bond acceptors (Lipinski definition) is 5. The second kappa shape index (κ2) is 7.95.